The fraction of sp³-hybridized carbons (Fsp3) is 0.625. The first-order valence-electron chi connectivity index (χ1n) is 7.01. The molecular weight excluding hydrogens is 238 g/mol. The lowest BCUT2D eigenvalue weighted by atomic mass is 10.1. The van der Waals surface area contributed by atoms with Crippen molar-refractivity contribution in [2.75, 3.05) is 25.6 Å². The van der Waals surface area contributed by atoms with Crippen molar-refractivity contribution < 1.29 is 9.47 Å². The average molecular weight is 265 g/mol. The lowest BCUT2D eigenvalue weighted by Crippen LogP contribution is -2.25. The van der Waals surface area contributed by atoms with Gasteiger partial charge in [0.15, 0.2) is 0 Å². The minimum atomic E-state index is -0.0951. The number of hydrogen-bond donors (Lipinski definition) is 1. The van der Waals surface area contributed by atoms with E-state index in [0.29, 0.717) is 0 Å². The summed E-state index contributed by atoms with van der Waals surface area (Å²) in [6.07, 6.45) is 1.97. The van der Waals surface area contributed by atoms with Crippen molar-refractivity contribution in [2.45, 2.75) is 46.1 Å². The average Bonchev–Trinajstić information content (AvgIpc) is 2.38. The Balaban J connectivity index is 2.61. The molecule has 3 nitrogen and oxygen atoms in total. The molecule has 3 heteroatoms. The molecule has 0 aliphatic heterocycles. The summed E-state index contributed by atoms with van der Waals surface area (Å²) in [6.45, 7) is 10.0. The van der Waals surface area contributed by atoms with Crippen molar-refractivity contribution in [3.63, 3.8) is 0 Å². The maximum Gasteiger partial charge on any atom is 0.142 e. The summed E-state index contributed by atoms with van der Waals surface area (Å²) >= 11 is 0. The lowest BCUT2D eigenvalue weighted by Gasteiger charge is -2.23. The van der Waals surface area contributed by atoms with Gasteiger partial charge in [0.05, 0.1) is 17.9 Å². The molecule has 108 valence electrons. The zero-order valence-corrected chi connectivity index (χ0v) is 12.9. The van der Waals surface area contributed by atoms with Gasteiger partial charge in [-0.15, -0.1) is 0 Å². The van der Waals surface area contributed by atoms with Crippen LogP contribution in [-0.2, 0) is 4.74 Å². The van der Waals surface area contributed by atoms with Crippen LogP contribution in [-0.4, -0.2) is 25.9 Å². The molecule has 0 saturated carbocycles. The summed E-state index contributed by atoms with van der Waals surface area (Å²) in [7, 11) is 1.75. The van der Waals surface area contributed by atoms with Gasteiger partial charge in [-0.2, -0.15) is 0 Å². The summed E-state index contributed by atoms with van der Waals surface area (Å²) < 4.78 is 11.2. The van der Waals surface area contributed by atoms with Gasteiger partial charge in [-0.05, 0) is 51.3 Å². The van der Waals surface area contributed by atoms with E-state index in [0.717, 1.165) is 37.4 Å². The smallest absolute Gasteiger partial charge is 0.142 e. The Labute approximate surface area is 117 Å². The fourth-order valence-electron chi connectivity index (χ4n) is 1.71. The molecule has 0 aliphatic carbocycles. The highest BCUT2D eigenvalue weighted by Crippen LogP contribution is 2.26. The molecule has 1 aromatic carbocycles. The van der Waals surface area contributed by atoms with Gasteiger partial charge < -0.3 is 14.8 Å². The quantitative estimate of drug-likeness (QED) is 0.770. The minimum absolute atomic E-state index is 0.0951. The first-order chi connectivity index (χ1) is 8.98. The topological polar surface area (TPSA) is 30.5 Å². The van der Waals surface area contributed by atoms with Crippen LogP contribution >= 0.6 is 0 Å². The third-order valence-corrected chi connectivity index (χ3v) is 3.19. The summed E-state index contributed by atoms with van der Waals surface area (Å²) in [5.41, 5.74) is 2.18. The van der Waals surface area contributed by atoms with E-state index in [1.165, 1.54) is 5.56 Å². The first kappa shape index (κ1) is 15.8. The van der Waals surface area contributed by atoms with Crippen molar-refractivity contribution in [2.24, 2.45) is 0 Å². The molecule has 0 bridgehead atoms. The highest BCUT2D eigenvalue weighted by Gasteiger charge is 2.15. The van der Waals surface area contributed by atoms with Crippen LogP contribution in [0.25, 0.3) is 0 Å². The maximum absolute atomic E-state index is 5.78. The number of nitrogens with one attached hydrogen (secondary N) is 1. The van der Waals surface area contributed by atoms with Gasteiger partial charge in [-0.1, -0.05) is 13.0 Å². The minimum Gasteiger partial charge on any atom is -0.491 e. The van der Waals surface area contributed by atoms with E-state index in [2.05, 4.69) is 51.2 Å². The summed E-state index contributed by atoms with van der Waals surface area (Å²) in [4.78, 5) is 0. The summed E-state index contributed by atoms with van der Waals surface area (Å²) in [5.74, 6) is 0.942. The van der Waals surface area contributed by atoms with Crippen molar-refractivity contribution >= 4 is 5.69 Å². The highest BCUT2D eigenvalue weighted by atomic mass is 16.5. The number of benzene rings is 1. The van der Waals surface area contributed by atoms with E-state index in [4.69, 9.17) is 9.47 Å². The van der Waals surface area contributed by atoms with Gasteiger partial charge in [0.2, 0.25) is 0 Å². The predicted octanol–water partition coefficient (Wildman–Crippen LogP) is 4.01. The third kappa shape index (κ3) is 5.52. The molecule has 0 aliphatic rings. The van der Waals surface area contributed by atoms with Crippen LogP contribution in [0.4, 0.5) is 5.69 Å². The van der Waals surface area contributed by atoms with Crippen LogP contribution in [0.2, 0.25) is 0 Å². The Morgan fingerprint density at radius 3 is 2.63 bits per heavy atom. The van der Waals surface area contributed by atoms with Gasteiger partial charge in [0.25, 0.3) is 0 Å². The Hall–Kier alpha value is -1.22. The Kier molecular flexibility index (Phi) is 6.16. The number of anilines is 1. The van der Waals surface area contributed by atoms with Gasteiger partial charge >= 0.3 is 0 Å². The molecule has 0 aromatic heterocycles. The van der Waals surface area contributed by atoms with Gasteiger partial charge in [-0.3, -0.25) is 0 Å². The number of rotatable bonds is 8. The molecular formula is C16H27NO2. The monoisotopic (exact) mass is 265 g/mol. The molecule has 0 unspecified atom stereocenters. The van der Waals surface area contributed by atoms with E-state index in [1.54, 1.807) is 7.11 Å². The molecule has 1 aromatic rings. The molecule has 0 fully saturated rings. The van der Waals surface area contributed by atoms with Crippen LogP contribution in [0.3, 0.4) is 0 Å². The summed E-state index contributed by atoms with van der Waals surface area (Å²) in [5, 5.41) is 3.43. The second-order valence-electron chi connectivity index (χ2n) is 5.49. The molecule has 19 heavy (non-hydrogen) atoms. The fourth-order valence-corrected chi connectivity index (χ4v) is 1.71. The van der Waals surface area contributed by atoms with Crippen LogP contribution in [0, 0.1) is 6.92 Å². The van der Waals surface area contributed by atoms with Gasteiger partial charge in [-0.25, -0.2) is 0 Å². The molecule has 0 amide bonds. The zero-order chi connectivity index (χ0) is 14.3. The summed E-state index contributed by atoms with van der Waals surface area (Å²) in [6, 6.07) is 6.27. The number of ether oxygens (including phenoxy) is 2. The predicted molar refractivity (Wildman–Crippen MR) is 81.2 cm³/mol. The van der Waals surface area contributed by atoms with Crippen LogP contribution in [0.1, 0.15) is 39.2 Å². The molecule has 1 N–H and O–H groups in total. The number of aryl methyl sites for hydroxylation is 1. The Bertz CT molecular complexity index is 388. The van der Waals surface area contributed by atoms with E-state index >= 15 is 0 Å². The molecule has 0 heterocycles. The molecule has 0 atom stereocenters. The second kappa shape index (κ2) is 7.39. The maximum atomic E-state index is 5.78. The normalized spacial score (nSPS) is 11.4. The third-order valence-electron chi connectivity index (χ3n) is 3.19. The Morgan fingerprint density at radius 1 is 1.26 bits per heavy atom. The van der Waals surface area contributed by atoms with E-state index in [-0.39, 0.29) is 5.60 Å². The van der Waals surface area contributed by atoms with Crippen molar-refractivity contribution in [3.05, 3.63) is 23.8 Å². The van der Waals surface area contributed by atoms with E-state index in [1.807, 2.05) is 0 Å². The van der Waals surface area contributed by atoms with Crippen molar-refractivity contribution in [1.82, 2.24) is 0 Å². The van der Waals surface area contributed by atoms with Gasteiger partial charge in [0.1, 0.15) is 5.75 Å². The lowest BCUT2D eigenvalue weighted by molar-refractivity contribution is 0.0185. The largest absolute Gasteiger partial charge is 0.491 e. The SMILES string of the molecule is CCCOc1cc(C)ccc1NCCC(C)(C)OC. The van der Waals surface area contributed by atoms with E-state index in [9.17, 15) is 0 Å². The van der Waals surface area contributed by atoms with Crippen molar-refractivity contribution in [1.29, 1.82) is 0 Å². The molecule has 1 rings (SSSR count). The molecule has 0 radical (unpaired) electrons. The second-order valence-corrected chi connectivity index (χ2v) is 5.49. The first-order valence-corrected chi connectivity index (χ1v) is 7.01. The standard InChI is InChI=1S/C16H27NO2/c1-6-11-19-15-12-13(2)7-8-14(15)17-10-9-16(3,4)18-5/h7-8,12,17H,6,9-11H2,1-5H3. The Morgan fingerprint density at radius 2 is 2.00 bits per heavy atom. The van der Waals surface area contributed by atoms with Crippen LogP contribution in [0.15, 0.2) is 18.2 Å². The molecule has 0 spiro atoms. The zero-order valence-electron chi connectivity index (χ0n) is 12.9. The van der Waals surface area contributed by atoms with E-state index < -0.39 is 0 Å². The van der Waals surface area contributed by atoms with Gasteiger partial charge in [0, 0.05) is 13.7 Å². The highest BCUT2D eigenvalue weighted by molar-refractivity contribution is 5.57. The molecule has 0 saturated heterocycles. The van der Waals surface area contributed by atoms with Crippen LogP contribution in [0.5, 0.6) is 5.75 Å². The number of hydrogen-bond acceptors (Lipinski definition) is 3. The van der Waals surface area contributed by atoms with Crippen LogP contribution < -0.4 is 10.1 Å². The number of methoxy groups -OCH3 is 1. The van der Waals surface area contributed by atoms with Crippen molar-refractivity contribution in [3.8, 4) is 5.75 Å².